The van der Waals surface area contributed by atoms with E-state index in [4.69, 9.17) is 14.2 Å². The maximum absolute atomic E-state index is 12.8. The Morgan fingerprint density at radius 2 is 1.83 bits per heavy atom. The van der Waals surface area contributed by atoms with Gasteiger partial charge in [-0.15, -0.1) is 0 Å². The highest BCUT2D eigenvalue weighted by atomic mass is 16.6. The third kappa shape index (κ3) is 3.53. The molecule has 0 aliphatic carbocycles. The monoisotopic (exact) mass is 414 g/mol. The lowest BCUT2D eigenvalue weighted by Gasteiger charge is -2.48. The van der Waals surface area contributed by atoms with E-state index < -0.39 is 0 Å². The van der Waals surface area contributed by atoms with E-state index in [0.717, 1.165) is 44.8 Å². The van der Waals surface area contributed by atoms with Crippen LogP contribution in [0.3, 0.4) is 0 Å². The Hall–Kier alpha value is -2.28. The Labute approximate surface area is 177 Å². The lowest BCUT2D eigenvalue weighted by Crippen LogP contribution is -2.62. The van der Waals surface area contributed by atoms with E-state index in [1.165, 1.54) is 0 Å². The number of ether oxygens (including phenoxy) is 3. The van der Waals surface area contributed by atoms with Gasteiger partial charge in [0.2, 0.25) is 5.91 Å². The lowest BCUT2D eigenvalue weighted by molar-refractivity contribution is -0.156. The lowest BCUT2D eigenvalue weighted by atomic mass is 9.78. The number of fused-ring (bicyclic) bond motifs is 1. The molecular weight excluding hydrogens is 384 g/mol. The first-order valence-corrected chi connectivity index (χ1v) is 11.0. The summed E-state index contributed by atoms with van der Waals surface area (Å²) in [6.45, 7) is 7.44. The summed E-state index contributed by atoms with van der Waals surface area (Å²) in [6, 6.07) is 7.55. The quantitative estimate of drug-likeness (QED) is 0.758. The van der Waals surface area contributed by atoms with Crippen molar-refractivity contribution in [3.8, 4) is 11.5 Å². The summed E-state index contributed by atoms with van der Waals surface area (Å²) in [5, 5.41) is 0. The van der Waals surface area contributed by atoms with Gasteiger partial charge in [0.15, 0.2) is 11.5 Å². The number of carbonyl (C=O) groups excluding carboxylic acids is 2. The molecule has 1 aromatic rings. The second-order valence-corrected chi connectivity index (χ2v) is 9.54. The second-order valence-electron chi connectivity index (χ2n) is 9.54. The minimum Gasteiger partial charge on any atom is -0.486 e. The standard InChI is InChI=1S/C23H30N2O5/c1-15-9-16(2)29-21(15)22(27)25-13-23(14-25)7-8-24(12-23)20(26)10-17-11-28-18-5-3-4-6-19(18)30-17/h3-6,15-17,21H,7-14H2,1-2H3. The van der Waals surface area contributed by atoms with Crippen molar-refractivity contribution in [3.63, 3.8) is 0 Å². The van der Waals surface area contributed by atoms with Crippen LogP contribution in [-0.2, 0) is 14.3 Å². The highest BCUT2D eigenvalue weighted by molar-refractivity contribution is 5.83. The third-order valence-electron chi connectivity index (χ3n) is 6.97. The second kappa shape index (κ2) is 7.45. The van der Waals surface area contributed by atoms with Crippen molar-refractivity contribution < 1.29 is 23.8 Å². The molecule has 4 atom stereocenters. The zero-order chi connectivity index (χ0) is 20.9. The summed E-state index contributed by atoms with van der Waals surface area (Å²) in [5.74, 6) is 1.93. The number of likely N-dealkylation sites (tertiary alicyclic amines) is 2. The minimum absolute atomic E-state index is 0.0509. The molecule has 3 saturated heterocycles. The fourth-order valence-corrected chi connectivity index (χ4v) is 5.38. The number of hydrogen-bond acceptors (Lipinski definition) is 5. The molecule has 4 aliphatic rings. The molecule has 2 amide bonds. The number of carbonyl (C=O) groups is 2. The predicted molar refractivity (Wildman–Crippen MR) is 109 cm³/mol. The van der Waals surface area contributed by atoms with Crippen LogP contribution >= 0.6 is 0 Å². The van der Waals surface area contributed by atoms with Crippen molar-refractivity contribution in [1.29, 1.82) is 0 Å². The van der Waals surface area contributed by atoms with Gasteiger partial charge in [-0.05, 0) is 37.8 Å². The van der Waals surface area contributed by atoms with Gasteiger partial charge in [0.05, 0.1) is 12.5 Å². The largest absolute Gasteiger partial charge is 0.486 e. The van der Waals surface area contributed by atoms with Crippen LogP contribution in [0.1, 0.15) is 33.1 Å². The molecule has 4 aliphatic heterocycles. The Balaban J connectivity index is 1.12. The van der Waals surface area contributed by atoms with Gasteiger partial charge in [0.1, 0.15) is 18.8 Å². The van der Waals surface area contributed by atoms with E-state index in [1.807, 2.05) is 41.0 Å². The van der Waals surface area contributed by atoms with Crippen molar-refractivity contribution in [2.24, 2.45) is 11.3 Å². The topological polar surface area (TPSA) is 68.3 Å². The van der Waals surface area contributed by atoms with Gasteiger partial charge in [-0.25, -0.2) is 0 Å². The van der Waals surface area contributed by atoms with Crippen LogP contribution in [0.2, 0.25) is 0 Å². The Bertz CT molecular complexity index is 837. The molecule has 30 heavy (non-hydrogen) atoms. The first kappa shape index (κ1) is 19.7. The molecule has 0 bridgehead atoms. The molecule has 1 spiro atoms. The summed E-state index contributed by atoms with van der Waals surface area (Å²) < 4.78 is 17.5. The maximum Gasteiger partial charge on any atom is 0.252 e. The first-order chi connectivity index (χ1) is 14.4. The highest BCUT2D eigenvalue weighted by Crippen LogP contribution is 2.41. The molecule has 4 unspecified atom stereocenters. The van der Waals surface area contributed by atoms with Crippen LogP contribution in [0.5, 0.6) is 11.5 Å². The van der Waals surface area contributed by atoms with Gasteiger partial charge in [0.25, 0.3) is 5.91 Å². The van der Waals surface area contributed by atoms with E-state index in [9.17, 15) is 9.59 Å². The molecule has 0 aromatic heterocycles. The SMILES string of the molecule is CC1CC(C)C(C(=O)N2CC3(CCN(C(=O)CC4COc5ccccc5O4)C3)C2)O1. The summed E-state index contributed by atoms with van der Waals surface area (Å²) in [4.78, 5) is 29.5. The van der Waals surface area contributed by atoms with Gasteiger partial charge in [-0.1, -0.05) is 19.1 Å². The highest BCUT2D eigenvalue weighted by Gasteiger charge is 2.52. The van der Waals surface area contributed by atoms with E-state index in [-0.39, 0.29) is 41.5 Å². The molecule has 0 N–H and O–H groups in total. The predicted octanol–water partition coefficient (Wildman–Crippen LogP) is 2.09. The number of amides is 2. The Morgan fingerprint density at radius 1 is 1.10 bits per heavy atom. The maximum atomic E-state index is 12.8. The number of para-hydroxylation sites is 2. The third-order valence-corrected chi connectivity index (χ3v) is 6.97. The van der Waals surface area contributed by atoms with Crippen LogP contribution in [0.15, 0.2) is 24.3 Å². The molecule has 0 saturated carbocycles. The van der Waals surface area contributed by atoms with Crippen molar-refractivity contribution in [2.45, 2.75) is 51.4 Å². The average molecular weight is 415 g/mol. The summed E-state index contributed by atoms with van der Waals surface area (Å²) in [5.41, 5.74) is 0.0509. The van der Waals surface area contributed by atoms with Crippen LogP contribution < -0.4 is 9.47 Å². The van der Waals surface area contributed by atoms with Crippen LogP contribution in [0.25, 0.3) is 0 Å². The summed E-state index contributed by atoms with van der Waals surface area (Å²) in [6.07, 6.45) is 1.80. The van der Waals surface area contributed by atoms with Crippen molar-refractivity contribution in [2.75, 3.05) is 32.8 Å². The molecule has 3 fully saturated rings. The fourth-order valence-electron chi connectivity index (χ4n) is 5.38. The molecule has 162 valence electrons. The summed E-state index contributed by atoms with van der Waals surface area (Å²) in [7, 11) is 0. The molecule has 5 rings (SSSR count). The fraction of sp³-hybridized carbons (Fsp3) is 0.652. The number of nitrogens with zero attached hydrogens (tertiary/aromatic N) is 2. The van der Waals surface area contributed by atoms with Crippen molar-refractivity contribution in [3.05, 3.63) is 24.3 Å². The first-order valence-electron chi connectivity index (χ1n) is 11.0. The van der Waals surface area contributed by atoms with Gasteiger partial charge >= 0.3 is 0 Å². The van der Waals surface area contributed by atoms with Gasteiger partial charge in [-0.2, -0.15) is 0 Å². The Morgan fingerprint density at radius 3 is 2.57 bits per heavy atom. The number of benzene rings is 1. The van der Waals surface area contributed by atoms with Crippen molar-refractivity contribution >= 4 is 11.8 Å². The van der Waals surface area contributed by atoms with Crippen LogP contribution in [-0.4, -0.2) is 72.7 Å². The smallest absolute Gasteiger partial charge is 0.252 e. The molecule has 1 aromatic carbocycles. The zero-order valence-electron chi connectivity index (χ0n) is 17.7. The Kier molecular flexibility index (Phi) is 4.88. The van der Waals surface area contributed by atoms with Gasteiger partial charge in [0, 0.05) is 31.6 Å². The van der Waals surface area contributed by atoms with Crippen LogP contribution in [0.4, 0.5) is 0 Å². The van der Waals surface area contributed by atoms with E-state index >= 15 is 0 Å². The van der Waals surface area contributed by atoms with Gasteiger partial charge in [-0.3, -0.25) is 9.59 Å². The van der Waals surface area contributed by atoms with E-state index in [1.54, 1.807) is 0 Å². The van der Waals surface area contributed by atoms with Crippen LogP contribution in [0, 0.1) is 11.3 Å². The molecular formula is C23H30N2O5. The number of hydrogen-bond donors (Lipinski definition) is 0. The minimum atomic E-state index is -0.303. The van der Waals surface area contributed by atoms with E-state index in [0.29, 0.717) is 18.8 Å². The van der Waals surface area contributed by atoms with E-state index in [2.05, 4.69) is 6.92 Å². The molecule has 7 heteroatoms. The summed E-state index contributed by atoms with van der Waals surface area (Å²) >= 11 is 0. The molecule has 4 heterocycles. The van der Waals surface area contributed by atoms with Gasteiger partial charge < -0.3 is 24.0 Å². The average Bonchev–Trinajstić information content (AvgIpc) is 3.30. The zero-order valence-corrected chi connectivity index (χ0v) is 17.7. The molecule has 7 nitrogen and oxygen atoms in total. The molecule has 0 radical (unpaired) electrons. The van der Waals surface area contributed by atoms with Crippen molar-refractivity contribution in [1.82, 2.24) is 9.80 Å². The number of rotatable bonds is 3. The normalized spacial score (nSPS) is 31.7.